The summed E-state index contributed by atoms with van der Waals surface area (Å²) in [6.07, 6.45) is 2.60. The molecule has 17 heavy (non-hydrogen) atoms. The van der Waals surface area contributed by atoms with Crippen LogP contribution in [0.5, 0.6) is 0 Å². The molecule has 98 valence electrons. The Hall–Kier alpha value is -0.650. The van der Waals surface area contributed by atoms with Crippen molar-refractivity contribution in [1.29, 1.82) is 0 Å². The Labute approximate surface area is 102 Å². The van der Waals surface area contributed by atoms with Crippen LogP contribution in [0.15, 0.2) is 0 Å². The van der Waals surface area contributed by atoms with E-state index in [0.717, 1.165) is 26.2 Å². The molecule has 0 amide bonds. The molecule has 5 heteroatoms. The molecule has 0 radical (unpaired) electrons. The van der Waals surface area contributed by atoms with Crippen molar-refractivity contribution in [3.8, 4) is 0 Å². The highest BCUT2D eigenvalue weighted by Crippen LogP contribution is 2.20. The average molecular weight is 242 g/mol. The zero-order valence-corrected chi connectivity index (χ0v) is 10.6. The predicted octanol–water partition coefficient (Wildman–Crippen LogP) is 0.000700. The van der Waals surface area contributed by atoms with Crippen LogP contribution in [0.2, 0.25) is 0 Å². The quantitative estimate of drug-likeness (QED) is 0.688. The first-order valence-electron chi connectivity index (χ1n) is 6.37. The lowest BCUT2D eigenvalue weighted by molar-refractivity contribution is -0.144. The van der Waals surface area contributed by atoms with Gasteiger partial charge in [0.1, 0.15) is 6.04 Å². The summed E-state index contributed by atoms with van der Waals surface area (Å²) >= 11 is 0. The Kier molecular flexibility index (Phi) is 4.36. The number of morpholine rings is 1. The fourth-order valence-electron chi connectivity index (χ4n) is 2.19. The third-order valence-electron chi connectivity index (χ3n) is 3.27. The molecule has 0 bridgehead atoms. The molecule has 2 atom stereocenters. The Morgan fingerprint density at radius 3 is 2.94 bits per heavy atom. The number of carbonyl (C=O) groups is 1. The number of nitrogens with one attached hydrogen (secondary N) is 1. The first-order valence-corrected chi connectivity index (χ1v) is 6.37. The summed E-state index contributed by atoms with van der Waals surface area (Å²) in [5.74, 6) is -0.156. The third kappa shape index (κ3) is 3.94. The van der Waals surface area contributed by atoms with Gasteiger partial charge in [-0.3, -0.25) is 9.69 Å². The van der Waals surface area contributed by atoms with Gasteiger partial charge < -0.3 is 14.8 Å². The predicted molar refractivity (Wildman–Crippen MR) is 63.8 cm³/mol. The second-order valence-corrected chi connectivity index (χ2v) is 4.96. The minimum atomic E-state index is -0.196. The highest BCUT2D eigenvalue weighted by molar-refractivity contribution is 5.76. The Bertz CT molecular complexity index is 268. The lowest BCUT2D eigenvalue weighted by atomic mass is 10.2. The molecule has 1 heterocycles. The lowest BCUT2D eigenvalue weighted by Crippen LogP contribution is -2.51. The van der Waals surface area contributed by atoms with Gasteiger partial charge in [0.05, 0.1) is 19.8 Å². The number of nitrogens with zero attached hydrogens (tertiary/aromatic N) is 1. The van der Waals surface area contributed by atoms with Gasteiger partial charge in [0.25, 0.3) is 0 Å². The molecule has 0 aromatic heterocycles. The molecule has 2 rings (SSSR count). The van der Waals surface area contributed by atoms with Gasteiger partial charge in [-0.2, -0.15) is 0 Å². The van der Waals surface area contributed by atoms with Crippen molar-refractivity contribution >= 4 is 5.97 Å². The number of hydrogen-bond donors (Lipinski definition) is 1. The Morgan fingerprint density at radius 2 is 2.35 bits per heavy atom. The highest BCUT2D eigenvalue weighted by atomic mass is 16.5. The van der Waals surface area contributed by atoms with Crippen LogP contribution >= 0.6 is 0 Å². The first-order chi connectivity index (χ1) is 8.19. The maximum Gasteiger partial charge on any atom is 0.324 e. The molecule has 2 aliphatic rings. The molecule has 1 aliphatic heterocycles. The third-order valence-corrected chi connectivity index (χ3v) is 3.27. The second kappa shape index (κ2) is 5.80. The minimum absolute atomic E-state index is 0.156. The molecule has 2 fully saturated rings. The number of carbonyl (C=O) groups excluding carboxylic acids is 1. The van der Waals surface area contributed by atoms with Crippen LogP contribution in [0.1, 0.15) is 19.8 Å². The van der Waals surface area contributed by atoms with Gasteiger partial charge in [0.15, 0.2) is 0 Å². The van der Waals surface area contributed by atoms with Crippen LogP contribution in [0.25, 0.3) is 0 Å². The summed E-state index contributed by atoms with van der Waals surface area (Å²) in [6, 6.07) is 0.315. The standard InChI is InChI=1S/C12H22N2O3/c1-9-7-14(5-6-17-9)8-11(12(15)16-2)13-10-3-4-10/h9-11,13H,3-8H2,1-2H3. The van der Waals surface area contributed by atoms with Crippen molar-refractivity contribution < 1.29 is 14.3 Å². The maximum atomic E-state index is 11.7. The van der Waals surface area contributed by atoms with Gasteiger partial charge in [-0.05, 0) is 19.8 Å². The van der Waals surface area contributed by atoms with E-state index in [2.05, 4.69) is 17.1 Å². The summed E-state index contributed by atoms with van der Waals surface area (Å²) in [7, 11) is 1.45. The van der Waals surface area contributed by atoms with Gasteiger partial charge in [0, 0.05) is 25.7 Å². The van der Waals surface area contributed by atoms with Crippen LogP contribution in [-0.2, 0) is 14.3 Å². The monoisotopic (exact) mass is 242 g/mol. The molecular formula is C12H22N2O3. The Balaban J connectivity index is 1.84. The van der Waals surface area contributed by atoms with Gasteiger partial charge in [0.2, 0.25) is 0 Å². The van der Waals surface area contributed by atoms with Crippen LogP contribution in [0.4, 0.5) is 0 Å². The molecule has 0 aromatic carbocycles. The topological polar surface area (TPSA) is 50.8 Å². The van der Waals surface area contributed by atoms with Crippen LogP contribution in [0, 0.1) is 0 Å². The van der Waals surface area contributed by atoms with Crippen molar-refractivity contribution in [2.24, 2.45) is 0 Å². The van der Waals surface area contributed by atoms with E-state index < -0.39 is 0 Å². The van der Waals surface area contributed by atoms with Gasteiger partial charge in [-0.25, -0.2) is 0 Å². The molecule has 1 saturated heterocycles. The SMILES string of the molecule is COC(=O)C(CN1CCOC(C)C1)NC1CC1. The molecule has 5 nitrogen and oxygen atoms in total. The van der Waals surface area contributed by atoms with Crippen LogP contribution in [-0.4, -0.2) is 62.4 Å². The molecule has 1 N–H and O–H groups in total. The zero-order chi connectivity index (χ0) is 12.3. The van der Waals surface area contributed by atoms with Gasteiger partial charge in [-0.15, -0.1) is 0 Å². The fraction of sp³-hybridized carbons (Fsp3) is 0.917. The van der Waals surface area contributed by atoms with Gasteiger partial charge in [-0.1, -0.05) is 0 Å². The van der Waals surface area contributed by atoms with E-state index in [0.29, 0.717) is 6.04 Å². The molecular weight excluding hydrogens is 220 g/mol. The average Bonchev–Trinajstić information content (AvgIpc) is 3.11. The number of ether oxygens (including phenoxy) is 2. The minimum Gasteiger partial charge on any atom is -0.468 e. The van der Waals surface area contributed by atoms with E-state index in [1.807, 2.05) is 0 Å². The molecule has 0 spiro atoms. The molecule has 1 saturated carbocycles. The molecule has 0 aromatic rings. The normalized spacial score (nSPS) is 27.8. The summed E-state index contributed by atoms with van der Waals surface area (Å²) < 4.78 is 10.3. The number of hydrogen-bond acceptors (Lipinski definition) is 5. The maximum absolute atomic E-state index is 11.7. The summed E-state index contributed by atoms with van der Waals surface area (Å²) in [5, 5.41) is 3.35. The van der Waals surface area contributed by atoms with Crippen molar-refractivity contribution in [1.82, 2.24) is 10.2 Å². The second-order valence-electron chi connectivity index (χ2n) is 4.96. The summed E-state index contributed by atoms with van der Waals surface area (Å²) in [5.41, 5.74) is 0. The molecule has 1 aliphatic carbocycles. The van der Waals surface area contributed by atoms with E-state index >= 15 is 0 Å². The number of esters is 1. The van der Waals surface area contributed by atoms with Crippen molar-refractivity contribution in [3.05, 3.63) is 0 Å². The Morgan fingerprint density at radius 1 is 1.59 bits per heavy atom. The largest absolute Gasteiger partial charge is 0.468 e. The van der Waals surface area contributed by atoms with Crippen molar-refractivity contribution in [3.63, 3.8) is 0 Å². The van der Waals surface area contributed by atoms with Crippen molar-refractivity contribution in [2.75, 3.05) is 33.4 Å². The van der Waals surface area contributed by atoms with E-state index in [9.17, 15) is 4.79 Å². The smallest absolute Gasteiger partial charge is 0.324 e. The summed E-state index contributed by atoms with van der Waals surface area (Å²) in [4.78, 5) is 14.0. The number of rotatable bonds is 5. The fourth-order valence-corrected chi connectivity index (χ4v) is 2.19. The lowest BCUT2D eigenvalue weighted by Gasteiger charge is -2.33. The number of methoxy groups -OCH3 is 1. The van der Waals surface area contributed by atoms with Crippen LogP contribution < -0.4 is 5.32 Å². The van der Waals surface area contributed by atoms with E-state index in [1.165, 1.54) is 20.0 Å². The van der Waals surface area contributed by atoms with Crippen molar-refractivity contribution in [2.45, 2.75) is 38.0 Å². The summed E-state index contributed by atoms with van der Waals surface area (Å²) in [6.45, 7) is 5.31. The van der Waals surface area contributed by atoms with Gasteiger partial charge >= 0.3 is 5.97 Å². The zero-order valence-electron chi connectivity index (χ0n) is 10.6. The highest BCUT2D eigenvalue weighted by Gasteiger charge is 2.31. The van der Waals surface area contributed by atoms with E-state index in [-0.39, 0.29) is 18.1 Å². The van der Waals surface area contributed by atoms with E-state index in [4.69, 9.17) is 9.47 Å². The van der Waals surface area contributed by atoms with E-state index in [1.54, 1.807) is 0 Å². The first kappa shape index (κ1) is 12.8. The van der Waals surface area contributed by atoms with Crippen LogP contribution in [0.3, 0.4) is 0 Å². The molecule has 2 unspecified atom stereocenters.